The number of nitriles is 1. The van der Waals surface area contributed by atoms with Gasteiger partial charge in [0.1, 0.15) is 0 Å². The van der Waals surface area contributed by atoms with E-state index >= 15 is 0 Å². The smallest absolute Gasteiger partial charge is 0.312 e. The van der Waals surface area contributed by atoms with E-state index in [9.17, 15) is 14.4 Å². The molecule has 1 saturated heterocycles. The van der Waals surface area contributed by atoms with Crippen molar-refractivity contribution in [2.24, 2.45) is 5.92 Å². The lowest BCUT2D eigenvalue weighted by molar-refractivity contribution is -0.157. The van der Waals surface area contributed by atoms with Crippen LogP contribution in [0.15, 0.2) is 54.6 Å². The van der Waals surface area contributed by atoms with E-state index in [1.807, 2.05) is 36.4 Å². The number of nitrogens with zero attached hydrogens (tertiary/aromatic N) is 2. The molecule has 7 heteroatoms. The van der Waals surface area contributed by atoms with Crippen molar-refractivity contribution in [3.63, 3.8) is 0 Å². The summed E-state index contributed by atoms with van der Waals surface area (Å²) < 4.78 is 5.29. The lowest BCUT2D eigenvalue weighted by Crippen LogP contribution is -2.33. The number of carbonyl (C=O) groups is 3. The second kappa shape index (κ2) is 9.70. The highest BCUT2D eigenvalue weighted by molar-refractivity contribution is 5.95. The monoisotopic (exact) mass is 405 g/mol. The fourth-order valence-electron chi connectivity index (χ4n) is 3.29. The van der Waals surface area contributed by atoms with Crippen LogP contribution in [0.25, 0.3) is 0 Å². The molecule has 3 rings (SSSR count). The van der Waals surface area contributed by atoms with Crippen LogP contribution in [0, 0.1) is 17.2 Å². The highest BCUT2D eigenvalue weighted by Crippen LogP contribution is 2.20. The number of anilines is 1. The third-order valence-corrected chi connectivity index (χ3v) is 4.98. The van der Waals surface area contributed by atoms with Gasteiger partial charge in [-0.3, -0.25) is 14.4 Å². The van der Waals surface area contributed by atoms with Gasteiger partial charge in [-0.25, -0.2) is 0 Å². The molecule has 1 heterocycles. The Morgan fingerprint density at radius 1 is 1.23 bits per heavy atom. The molecule has 1 aliphatic heterocycles. The molecular formula is C23H23N3O4. The van der Waals surface area contributed by atoms with E-state index in [-0.39, 0.29) is 12.3 Å². The van der Waals surface area contributed by atoms with E-state index in [0.717, 1.165) is 12.0 Å². The molecule has 1 N–H and O–H groups in total. The molecule has 0 spiro atoms. The summed E-state index contributed by atoms with van der Waals surface area (Å²) in [6.45, 7) is 2.31. The summed E-state index contributed by atoms with van der Waals surface area (Å²) in [5, 5.41) is 11.6. The molecule has 0 aromatic heterocycles. The Bertz CT molecular complexity index is 968. The van der Waals surface area contributed by atoms with Crippen molar-refractivity contribution in [3.8, 4) is 6.07 Å². The summed E-state index contributed by atoms with van der Waals surface area (Å²) in [7, 11) is 0. The summed E-state index contributed by atoms with van der Waals surface area (Å²) in [6.07, 6.45) is -0.210. The van der Waals surface area contributed by atoms with Crippen molar-refractivity contribution in [3.05, 3.63) is 65.7 Å². The Morgan fingerprint density at radius 2 is 2.00 bits per heavy atom. The van der Waals surface area contributed by atoms with Gasteiger partial charge in [0, 0.05) is 25.2 Å². The Hall–Kier alpha value is -3.66. The molecule has 2 atom stereocenters. The highest BCUT2D eigenvalue weighted by Gasteiger charge is 2.36. The van der Waals surface area contributed by atoms with Gasteiger partial charge in [-0.2, -0.15) is 5.26 Å². The zero-order valence-electron chi connectivity index (χ0n) is 16.7. The number of nitrogens with one attached hydrogen (secondary N) is 1. The summed E-state index contributed by atoms with van der Waals surface area (Å²) in [5.41, 5.74) is 1.99. The van der Waals surface area contributed by atoms with Crippen LogP contribution >= 0.6 is 0 Å². The van der Waals surface area contributed by atoms with Crippen LogP contribution in [0.3, 0.4) is 0 Å². The lowest BCUT2D eigenvalue weighted by Gasteiger charge is -2.18. The van der Waals surface area contributed by atoms with Crippen molar-refractivity contribution in [1.82, 2.24) is 4.90 Å². The fraction of sp³-hybridized carbons (Fsp3) is 0.304. The minimum Gasteiger partial charge on any atom is -0.452 e. The minimum absolute atomic E-state index is 0.0849. The first kappa shape index (κ1) is 21.1. The normalized spacial score (nSPS) is 16.6. The van der Waals surface area contributed by atoms with Crippen LogP contribution in [0.4, 0.5) is 5.69 Å². The molecule has 0 radical (unpaired) electrons. The maximum atomic E-state index is 12.5. The molecule has 0 saturated carbocycles. The number of hydrogen-bond acceptors (Lipinski definition) is 5. The van der Waals surface area contributed by atoms with Crippen molar-refractivity contribution in [2.75, 3.05) is 18.4 Å². The van der Waals surface area contributed by atoms with Crippen molar-refractivity contribution < 1.29 is 19.1 Å². The zero-order chi connectivity index (χ0) is 21.5. The average molecular weight is 405 g/mol. The second-order valence-electron chi connectivity index (χ2n) is 7.24. The highest BCUT2D eigenvalue weighted by atomic mass is 16.5. The number of ether oxygens (including phenoxy) is 1. The van der Waals surface area contributed by atoms with Gasteiger partial charge >= 0.3 is 5.97 Å². The number of likely N-dealkylation sites (tertiary alicyclic amines) is 1. The third-order valence-electron chi connectivity index (χ3n) is 4.98. The zero-order valence-corrected chi connectivity index (χ0v) is 16.7. The van der Waals surface area contributed by atoms with Crippen LogP contribution < -0.4 is 5.32 Å². The van der Waals surface area contributed by atoms with Gasteiger partial charge in [0.2, 0.25) is 5.91 Å². The van der Waals surface area contributed by atoms with Crippen LogP contribution in [0.1, 0.15) is 24.5 Å². The van der Waals surface area contributed by atoms with Crippen LogP contribution in [0.2, 0.25) is 0 Å². The van der Waals surface area contributed by atoms with E-state index in [0.29, 0.717) is 24.3 Å². The van der Waals surface area contributed by atoms with Crippen LogP contribution in [-0.4, -0.2) is 41.9 Å². The molecule has 2 aromatic carbocycles. The lowest BCUT2D eigenvalue weighted by atomic mass is 10.1. The van der Waals surface area contributed by atoms with E-state index in [2.05, 4.69) is 5.32 Å². The van der Waals surface area contributed by atoms with Crippen molar-refractivity contribution in [2.45, 2.75) is 25.9 Å². The van der Waals surface area contributed by atoms with Crippen LogP contribution in [-0.2, 0) is 25.5 Å². The van der Waals surface area contributed by atoms with E-state index < -0.39 is 23.9 Å². The van der Waals surface area contributed by atoms with Gasteiger partial charge in [-0.05, 0) is 37.1 Å². The molecule has 2 aromatic rings. The summed E-state index contributed by atoms with van der Waals surface area (Å²) in [6, 6.07) is 18.3. The number of hydrogen-bond donors (Lipinski definition) is 1. The Morgan fingerprint density at radius 3 is 2.73 bits per heavy atom. The van der Waals surface area contributed by atoms with Gasteiger partial charge in [0.05, 0.1) is 17.6 Å². The molecule has 7 nitrogen and oxygen atoms in total. The van der Waals surface area contributed by atoms with Gasteiger partial charge < -0.3 is 15.0 Å². The number of carbonyl (C=O) groups excluding carboxylic acids is 3. The summed E-state index contributed by atoms with van der Waals surface area (Å²) >= 11 is 0. The molecule has 154 valence electrons. The first-order chi connectivity index (χ1) is 14.5. The molecule has 1 aliphatic rings. The Kier molecular flexibility index (Phi) is 6.81. The molecule has 1 fully saturated rings. The van der Waals surface area contributed by atoms with E-state index in [4.69, 9.17) is 10.00 Å². The standard InChI is InChI=1S/C23H23N3O4/c1-16(22(28)25-20-9-5-8-18(12-20)14-24)30-23(29)19-13-21(27)26(15-19)11-10-17-6-3-2-4-7-17/h2-9,12,16,19H,10-11,13,15H2,1H3,(H,25,28). The van der Waals surface area contributed by atoms with Crippen molar-refractivity contribution in [1.29, 1.82) is 5.26 Å². The van der Waals surface area contributed by atoms with Gasteiger partial charge in [0.15, 0.2) is 6.10 Å². The fourth-order valence-corrected chi connectivity index (χ4v) is 3.29. The predicted octanol–water partition coefficient (Wildman–Crippen LogP) is 2.52. The summed E-state index contributed by atoms with van der Waals surface area (Å²) in [5.74, 6) is -1.72. The molecular weight excluding hydrogens is 382 g/mol. The Balaban J connectivity index is 1.49. The molecule has 0 aliphatic carbocycles. The van der Waals surface area contributed by atoms with Crippen molar-refractivity contribution >= 4 is 23.5 Å². The van der Waals surface area contributed by atoms with E-state index in [1.165, 1.54) is 13.0 Å². The topological polar surface area (TPSA) is 99.5 Å². The number of rotatable bonds is 7. The number of benzene rings is 2. The Labute approximate surface area is 175 Å². The van der Waals surface area contributed by atoms with E-state index in [1.54, 1.807) is 23.1 Å². The maximum Gasteiger partial charge on any atom is 0.312 e. The first-order valence-electron chi connectivity index (χ1n) is 9.79. The molecule has 0 bridgehead atoms. The molecule has 2 unspecified atom stereocenters. The third kappa shape index (κ3) is 5.45. The van der Waals surface area contributed by atoms with Gasteiger partial charge in [-0.1, -0.05) is 36.4 Å². The molecule has 2 amide bonds. The SMILES string of the molecule is CC(OC(=O)C1CC(=O)N(CCc2ccccc2)C1)C(=O)Nc1cccc(C#N)c1. The second-order valence-corrected chi connectivity index (χ2v) is 7.24. The van der Waals surface area contributed by atoms with Gasteiger partial charge in [-0.15, -0.1) is 0 Å². The quantitative estimate of drug-likeness (QED) is 0.714. The van der Waals surface area contributed by atoms with Gasteiger partial charge in [0.25, 0.3) is 5.91 Å². The predicted molar refractivity (Wildman–Crippen MR) is 110 cm³/mol. The minimum atomic E-state index is -1.02. The first-order valence-corrected chi connectivity index (χ1v) is 9.79. The largest absolute Gasteiger partial charge is 0.452 e. The maximum absolute atomic E-state index is 12.5. The number of esters is 1. The average Bonchev–Trinajstić information content (AvgIpc) is 3.13. The van der Waals surface area contributed by atoms with Crippen LogP contribution in [0.5, 0.6) is 0 Å². The summed E-state index contributed by atoms with van der Waals surface area (Å²) in [4.78, 5) is 38.7. The molecule has 30 heavy (non-hydrogen) atoms. The number of amides is 2.